The number of hydrogen-bond acceptors (Lipinski definition) is 4. The Hall–Kier alpha value is -2.87. The monoisotopic (exact) mass is 428 g/mol. The number of nitrogens with two attached hydrogens (primary N) is 1. The lowest BCUT2D eigenvalue weighted by molar-refractivity contribution is -0.139. The molecule has 4 amide bonds. The molecule has 1 fully saturated rings. The SMILES string of the molecule is NC(=O)NC(CC(=O)N1CCN(C(=O)CCCc2ccccc2)CC1)c1cccs1. The molecular weight excluding hydrogens is 400 g/mol. The molecule has 2 aromatic rings. The van der Waals surface area contributed by atoms with Gasteiger partial charge in [-0.1, -0.05) is 36.4 Å². The molecule has 1 unspecified atom stereocenters. The Kier molecular flexibility index (Phi) is 7.84. The number of hydrogen-bond donors (Lipinski definition) is 2. The standard InChI is InChI=1S/C22H28N4O3S/c23-22(29)24-18(19-9-5-15-30-19)16-21(28)26-13-11-25(12-14-26)20(27)10-4-8-17-6-2-1-3-7-17/h1-3,5-7,9,15,18H,4,8,10-14,16H2,(H3,23,24,29). The van der Waals surface area contributed by atoms with Crippen molar-refractivity contribution in [3.63, 3.8) is 0 Å². The lowest BCUT2D eigenvalue weighted by Crippen LogP contribution is -2.51. The molecule has 1 atom stereocenters. The van der Waals surface area contributed by atoms with E-state index in [1.54, 1.807) is 4.90 Å². The summed E-state index contributed by atoms with van der Waals surface area (Å²) in [5, 5.41) is 4.55. The van der Waals surface area contributed by atoms with Crippen molar-refractivity contribution in [1.29, 1.82) is 0 Å². The molecule has 0 spiro atoms. The van der Waals surface area contributed by atoms with E-state index in [0.717, 1.165) is 17.7 Å². The van der Waals surface area contributed by atoms with Gasteiger partial charge in [0, 0.05) is 37.5 Å². The predicted octanol–water partition coefficient (Wildman–Crippen LogP) is 2.54. The molecule has 0 radical (unpaired) electrons. The third-order valence-electron chi connectivity index (χ3n) is 5.27. The van der Waals surface area contributed by atoms with Crippen molar-refractivity contribution in [2.75, 3.05) is 26.2 Å². The van der Waals surface area contributed by atoms with E-state index in [9.17, 15) is 14.4 Å². The normalized spacial score (nSPS) is 14.9. The van der Waals surface area contributed by atoms with Crippen molar-refractivity contribution in [2.45, 2.75) is 31.7 Å². The third-order valence-corrected chi connectivity index (χ3v) is 6.25. The van der Waals surface area contributed by atoms with Gasteiger partial charge < -0.3 is 20.9 Å². The number of rotatable bonds is 8. The van der Waals surface area contributed by atoms with E-state index in [2.05, 4.69) is 17.4 Å². The number of aryl methyl sites for hydroxylation is 1. The van der Waals surface area contributed by atoms with Crippen molar-refractivity contribution < 1.29 is 14.4 Å². The van der Waals surface area contributed by atoms with Crippen LogP contribution < -0.4 is 11.1 Å². The second-order valence-corrected chi connectivity index (χ2v) is 8.36. The molecule has 3 rings (SSSR count). The summed E-state index contributed by atoms with van der Waals surface area (Å²) in [6.45, 7) is 2.11. The summed E-state index contributed by atoms with van der Waals surface area (Å²) in [5.74, 6) is 0.100. The van der Waals surface area contributed by atoms with E-state index in [4.69, 9.17) is 5.73 Å². The van der Waals surface area contributed by atoms with Crippen molar-refractivity contribution in [3.8, 4) is 0 Å². The molecule has 3 N–H and O–H groups in total. The molecule has 1 saturated heterocycles. The maximum atomic E-state index is 12.7. The second-order valence-electron chi connectivity index (χ2n) is 7.38. The van der Waals surface area contributed by atoms with Gasteiger partial charge in [0.15, 0.2) is 0 Å². The van der Waals surface area contributed by atoms with Gasteiger partial charge in [-0.3, -0.25) is 9.59 Å². The number of benzene rings is 1. The van der Waals surface area contributed by atoms with E-state index in [1.165, 1.54) is 16.9 Å². The van der Waals surface area contributed by atoms with Crippen LogP contribution in [0.4, 0.5) is 4.79 Å². The minimum absolute atomic E-state index is 0.0432. The van der Waals surface area contributed by atoms with Crippen molar-refractivity contribution in [3.05, 3.63) is 58.3 Å². The van der Waals surface area contributed by atoms with Gasteiger partial charge in [0.2, 0.25) is 11.8 Å². The van der Waals surface area contributed by atoms with E-state index >= 15 is 0 Å². The average molecular weight is 429 g/mol. The van der Waals surface area contributed by atoms with Crippen LogP contribution in [0.3, 0.4) is 0 Å². The van der Waals surface area contributed by atoms with Crippen LogP contribution in [-0.4, -0.2) is 53.8 Å². The van der Waals surface area contributed by atoms with Crippen LogP contribution in [-0.2, 0) is 16.0 Å². The maximum Gasteiger partial charge on any atom is 0.312 e. The highest BCUT2D eigenvalue weighted by atomic mass is 32.1. The number of nitrogens with one attached hydrogen (secondary N) is 1. The van der Waals surface area contributed by atoms with E-state index in [-0.39, 0.29) is 18.2 Å². The highest BCUT2D eigenvalue weighted by molar-refractivity contribution is 7.10. The van der Waals surface area contributed by atoms with Crippen LogP contribution in [0.15, 0.2) is 47.8 Å². The molecule has 8 heteroatoms. The molecule has 0 aliphatic carbocycles. The number of thiophene rings is 1. The molecule has 2 heterocycles. The molecule has 1 aliphatic rings. The fourth-order valence-corrected chi connectivity index (χ4v) is 4.42. The topological polar surface area (TPSA) is 95.7 Å². The van der Waals surface area contributed by atoms with Gasteiger partial charge >= 0.3 is 6.03 Å². The first-order chi connectivity index (χ1) is 14.5. The van der Waals surface area contributed by atoms with Crippen molar-refractivity contribution in [2.24, 2.45) is 5.73 Å². The van der Waals surface area contributed by atoms with Crippen LogP contribution in [0, 0.1) is 0 Å². The van der Waals surface area contributed by atoms with Crippen molar-refractivity contribution >= 4 is 29.2 Å². The van der Waals surface area contributed by atoms with Crippen LogP contribution in [0.25, 0.3) is 0 Å². The first-order valence-corrected chi connectivity index (χ1v) is 11.1. The number of carbonyl (C=O) groups is 3. The second kappa shape index (κ2) is 10.8. The first-order valence-electron chi connectivity index (χ1n) is 10.2. The van der Waals surface area contributed by atoms with Crippen LogP contribution in [0.1, 0.15) is 35.7 Å². The van der Waals surface area contributed by atoms with Crippen LogP contribution >= 0.6 is 11.3 Å². The Morgan fingerprint density at radius 1 is 0.967 bits per heavy atom. The Labute approximate surface area is 180 Å². The fraction of sp³-hybridized carbons (Fsp3) is 0.409. The molecule has 7 nitrogen and oxygen atoms in total. The molecular formula is C22H28N4O3S. The molecule has 1 aliphatic heterocycles. The Morgan fingerprint density at radius 2 is 1.63 bits per heavy atom. The lowest BCUT2D eigenvalue weighted by atomic mass is 10.1. The van der Waals surface area contributed by atoms with E-state index in [0.29, 0.717) is 32.6 Å². The minimum Gasteiger partial charge on any atom is -0.352 e. The zero-order chi connectivity index (χ0) is 21.3. The summed E-state index contributed by atoms with van der Waals surface area (Å²) in [6.07, 6.45) is 2.39. The Bertz CT molecular complexity index is 833. The predicted molar refractivity (Wildman–Crippen MR) is 117 cm³/mol. The van der Waals surface area contributed by atoms with Crippen molar-refractivity contribution in [1.82, 2.24) is 15.1 Å². The summed E-state index contributed by atoms with van der Waals surface area (Å²) in [5.41, 5.74) is 6.51. The summed E-state index contributed by atoms with van der Waals surface area (Å²) >= 11 is 1.48. The molecule has 0 saturated carbocycles. The van der Waals surface area contributed by atoms with E-state index in [1.807, 2.05) is 40.6 Å². The molecule has 1 aromatic heterocycles. The number of piperazine rings is 1. The number of nitrogens with zero attached hydrogens (tertiary/aromatic N) is 2. The fourth-order valence-electron chi connectivity index (χ4n) is 3.64. The zero-order valence-electron chi connectivity index (χ0n) is 17.0. The summed E-state index contributed by atoms with van der Waals surface area (Å²) in [6, 6.07) is 12.8. The van der Waals surface area contributed by atoms with Crippen LogP contribution in [0.5, 0.6) is 0 Å². The largest absolute Gasteiger partial charge is 0.352 e. The lowest BCUT2D eigenvalue weighted by Gasteiger charge is -2.35. The quantitative estimate of drug-likeness (QED) is 0.676. The zero-order valence-corrected chi connectivity index (χ0v) is 17.8. The van der Waals surface area contributed by atoms with Gasteiger partial charge in [0.1, 0.15) is 0 Å². The van der Waals surface area contributed by atoms with Gasteiger partial charge in [-0.05, 0) is 29.9 Å². The molecule has 30 heavy (non-hydrogen) atoms. The summed E-state index contributed by atoms with van der Waals surface area (Å²) in [4.78, 5) is 41.0. The molecule has 1 aromatic carbocycles. The first kappa shape index (κ1) is 21.8. The van der Waals surface area contributed by atoms with Gasteiger partial charge in [-0.15, -0.1) is 11.3 Å². The Morgan fingerprint density at radius 3 is 2.23 bits per heavy atom. The number of primary amides is 1. The minimum atomic E-state index is -0.646. The van der Waals surface area contributed by atoms with Gasteiger partial charge in [-0.2, -0.15) is 0 Å². The highest BCUT2D eigenvalue weighted by Gasteiger charge is 2.26. The van der Waals surface area contributed by atoms with Crippen LogP contribution in [0.2, 0.25) is 0 Å². The smallest absolute Gasteiger partial charge is 0.312 e. The maximum absolute atomic E-state index is 12.7. The van der Waals surface area contributed by atoms with Gasteiger partial charge in [-0.25, -0.2) is 4.79 Å². The van der Waals surface area contributed by atoms with Gasteiger partial charge in [0.05, 0.1) is 12.5 Å². The van der Waals surface area contributed by atoms with Gasteiger partial charge in [0.25, 0.3) is 0 Å². The summed E-state index contributed by atoms with van der Waals surface area (Å²) < 4.78 is 0. The Balaban J connectivity index is 1.43. The number of carbonyl (C=O) groups excluding carboxylic acids is 3. The third kappa shape index (κ3) is 6.32. The number of urea groups is 1. The summed E-state index contributed by atoms with van der Waals surface area (Å²) in [7, 11) is 0. The number of amides is 4. The highest BCUT2D eigenvalue weighted by Crippen LogP contribution is 2.23. The average Bonchev–Trinajstić information content (AvgIpc) is 3.28. The molecule has 0 bridgehead atoms. The van der Waals surface area contributed by atoms with E-state index < -0.39 is 12.1 Å². The molecule has 160 valence electrons.